The lowest BCUT2D eigenvalue weighted by molar-refractivity contribution is -0.142. The number of rotatable bonds is 5. The topological polar surface area (TPSA) is 55.4 Å². The molecular formula is C17H14F2INO3. The summed E-state index contributed by atoms with van der Waals surface area (Å²) in [6.07, 6.45) is 0.175. The smallest absolute Gasteiger partial charge is 0.328 e. The zero-order valence-corrected chi connectivity index (χ0v) is 14.8. The van der Waals surface area contributed by atoms with Crippen LogP contribution in [0.25, 0.3) is 0 Å². The van der Waals surface area contributed by atoms with Crippen LogP contribution in [0, 0.1) is 15.2 Å². The van der Waals surface area contributed by atoms with Crippen molar-refractivity contribution >= 4 is 34.5 Å². The quantitative estimate of drug-likeness (QED) is 0.569. The molecule has 2 aromatic carbocycles. The van der Waals surface area contributed by atoms with Gasteiger partial charge in [0.2, 0.25) is 0 Å². The van der Waals surface area contributed by atoms with Gasteiger partial charge in [0, 0.05) is 9.99 Å². The second-order valence-electron chi connectivity index (χ2n) is 4.95. The molecule has 7 heteroatoms. The molecule has 0 aliphatic carbocycles. The molecule has 0 bridgehead atoms. The number of amides is 1. The van der Waals surface area contributed by atoms with Crippen molar-refractivity contribution in [1.82, 2.24) is 5.32 Å². The summed E-state index contributed by atoms with van der Waals surface area (Å²) >= 11 is 2.11. The molecule has 2 rings (SSSR count). The minimum atomic E-state index is -1.26. The number of hydrogen-bond acceptors (Lipinski definition) is 3. The summed E-state index contributed by atoms with van der Waals surface area (Å²) < 4.78 is 32.6. The van der Waals surface area contributed by atoms with Gasteiger partial charge in [-0.3, -0.25) is 4.79 Å². The van der Waals surface area contributed by atoms with E-state index in [2.05, 4.69) is 27.9 Å². The van der Waals surface area contributed by atoms with Crippen LogP contribution in [0.4, 0.5) is 8.78 Å². The van der Waals surface area contributed by atoms with Gasteiger partial charge in [0.25, 0.3) is 5.91 Å². The monoisotopic (exact) mass is 445 g/mol. The zero-order valence-electron chi connectivity index (χ0n) is 12.7. The molecule has 1 atom stereocenters. The van der Waals surface area contributed by atoms with E-state index in [1.807, 2.05) is 18.2 Å². The van der Waals surface area contributed by atoms with Gasteiger partial charge < -0.3 is 10.1 Å². The summed E-state index contributed by atoms with van der Waals surface area (Å²) in [5.41, 5.74) is 0.361. The number of nitrogens with one attached hydrogen (secondary N) is 1. The summed E-state index contributed by atoms with van der Waals surface area (Å²) in [4.78, 5) is 24.1. The fourth-order valence-corrected chi connectivity index (χ4v) is 2.74. The van der Waals surface area contributed by atoms with E-state index in [1.165, 1.54) is 13.2 Å². The maximum Gasteiger partial charge on any atom is 0.328 e. The number of ether oxygens (including phenoxy) is 1. The van der Waals surface area contributed by atoms with Crippen LogP contribution >= 0.6 is 22.6 Å². The standard InChI is InChI=1S/C17H14F2INO3/c1-24-17(23)14(9-10-5-2-3-8-13(10)20)21-16(22)11-6-4-7-12(18)15(11)19/h2-8,14H,9H2,1H3,(H,21,22)/t14-/m0/s1. The van der Waals surface area contributed by atoms with Crippen molar-refractivity contribution in [2.45, 2.75) is 12.5 Å². The van der Waals surface area contributed by atoms with Gasteiger partial charge in [-0.05, 0) is 46.4 Å². The second kappa shape index (κ2) is 8.18. The number of benzene rings is 2. The lowest BCUT2D eigenvalue weighted by atomic mass is 10.1. The Morgan fingerprint density at radius 3 is 2.54 bits per heavy atom. The van der Waals surface area contributed by atoms with Crippen LogP contribution in [0.15, 0.2) is 42.5 Å². The van der Waals surface area contributed by atoms with E-state index in [-0.39, 0.29) is 6.42 Å². The summed E-state index contributed by atoms with van der Waals surface area (Å²) in [6, 6.07) is 9.59. The molecule has 0 spiro atoms. The predicted molar refractivity (Wildman–Crippen MR) is 92.5 cm³/mol. The highest BCUT2D eigenvalue weighted by atomic mass is 127. The Labute approximate surface area is 151 Å². The third-order valence-corrected chi connectivity index (χ3v) is 4.42. The average Bonchev–Trinajstić information content (AvgIpc) is 2.57. The van der Waals surface area contributed by atoms with E-state index in [0.29, 0.717) is 0 Å². The first-order valence-electron chi connectivity index (χ1n) is 7.00. The molecule has 4 nitrogen and oxygen atoms in total. The predicted octanol–water partition coefficient (Wildman–Crippen LogP) is 3.08. The van der Waals surface area contributed by atoms with Gasteiger partial charge in [-0.25, -0.2) is 13.6 Å². The Bertz CT molecular complexity index is 767. The van der Waals surface area contributed by atoms with E-state index in [9.17, 15) is 18.4 Å². The van der Waals surface area contributed by atoms with E-state index >= 15 is 0 Å². The minimum Gasteiger partial charge on any atom is -0.467 e. The molecule has 0 saturated heterocycles. The van der Waals surface area contributed by atoms with E-state index in [0.717, 1.165) is 21.3 Å². The number of esters is 1. The maximum atomic E-state index is 13.7. The first-order valence-corrected chi connectivity index (χ1v) is 8.08. The van der Waals surface area contributed by atoms with Crippen LogP contribution in [-0.4, -0.2) is 25.0 Å². The zero-order chi connectivity index (χ0) is 17.7. The fraction of sp³-hybridized carbons (Fsp3) is 0.176. The molecule has 0 radical (unpaired) electrons. The van der Waals surface area contributed by atoms with E-state index < -0.39 is 35.1 Å². The molecule has 0 heterocycles. The summed E-state index contributed by atoms with van der Waals surface area (Å²) in [5.74, 6) is -3.93. The van der Waals surface area contributed by atoms with Crippen LogP contribution in [-0.2, 0) is 16.0 Å². The molecule has 0 aliphatic rings. The number of carbonyl (C=O) groups is 2. The molecule has 0 unspecified atom stereocenters. The Balaban J connectivity index is 2.23. The van der Waals surface area contributed by atoms with Gasteiger partial charge in [-0.2, -0.15) is 0 Å². The summed E-state index contributed by atoms with van der Waals surface area (Å²) in [5, 5.41) is 2.40. The van der Waals surface area contributed by atoms with Gasteiger partial charge in [-0.1, -0.05) is 24.3 Å². The van der Waals surface area contributed by atoms with Crippen molar-refractivity contribution in [3.05, 3.63) is 68.8 Å². The highest BCUT2D eigenvalue weighted by molar-refractivity contribution is 14.1. The molecule has 0 saturated carbocycles. The molecule has 1 N–H and O–H groups in total. The van der Waals surface area contributed by atoms with Crippen LogP contribution < -0.4 is 5.32 Å². The lowest BCUT2D eigenvalue weighted by Crippen LogP contribution is -2.43. The summed E-state index contributed by atoms with van der Waals surface area (Å²) in [7, 11) is 1.19. The number of halogens is 3. The van der Waals surface area contributed by atoms with E-state index in [4.69, 9.17) is 4.74 Å². The van der Waals surface area contributed by atoms with Crippen LogP contribution in [0.3, 0.4) is 0 Å². The first-order chi connectivity index (χ1) is 11.4. The first kappa shape index (κ1) is 18.3. The highest BCUT2D eigenvalue weighted by Gasteiger charge is 2.25. The molecule has 0 aromatic heterocycles. The fourth-order valence-electron chi connectivity index (χ4n) is 2.13. The molecule has 2 aromatic rings. The minimum absolute atomic E-state index is 0.175. The Kier molecular flexibility index (Phi) is 6.24. The van der Waals surface area contributed by atoms with Gasteiger partial charge >= 0.3 is 5.97 Å². The van der Waals surface area contributed by atoms with Crippen molar-refractivity contribution in [3.63, 3.8) is 0 Å². The summed E-state index contributed by atoms with van der Waals surface area (Å²) in [6.45, 7) is 0. The highest BCUT2D eigenvalue weighted by Crippen LogP contribution is 2.15. The van der Waals surface area contributed by atoms with Gasteiger partial charge in [0.05, 0.1) is 12.7 Å². The second-order valence-corrected chi connectivity index (χ2v) is 6.11. The SMILES string of the molecule is COC(=O)[C@H](Cc1ccccc1I)NC(=O)c1cccc(F)c1F. The molecule has 126 valence electrons. The normalized spacial score (nSPS) is 11.7. The van der Waals surface area contributed by atoms with Crippen LogP contribution in [0.2, 0.25) is 0 Å². The molecule has 24 heavy (non-hydrogen) atoms. The van der Waals surface area contributed by atoms with E-state index in [1.54, 1.807) is 6.07 Å². The molecule has 0 fully saturated rings. The largest absolute Gasteiger partial charge is 0.467 e. The molecule has 1 amide bonds. The van der Waals surface area contributed by atoms with Crippen molar-refractivity contribution in [2.75, 3.05) is 7.11 Å². The third kappa shape index (κ3) is 4.28. The van der Waals surface area contributed by atoms with Crippen molar-refractivity contribution in [2.24, 2.45) is 0 Å². The number of hydrogen-bond donors (Lipinski definition) is 1. The van der Waals surface area contributed by atoms with Crippen LogP contribution in [0.5, 0.6) is 0 Å². The van der Waals surface area contributed by atoms with Gasteiger partial charge in [-0.15, -0.1) is 0 Å². The van der Waals surface area contributed by atoms with Crippen molar-refractivity contribution in [3.8, 4) is 0 Å². The molecule has 0 aliphatic heterocycles. The number of carbonyl (C=O) groups excluding carboxylic acids is 2. The maximum absolute atomic E-state index is 13.7. The van der Waals surface area contributed by atoms with Gasteiger partial charge in [0.15, 0.2) is 11.6 Å². The third-order valence-electron chi connectivity index (χ3n) is 3.37. The lowest BCUT2D eigenvalue weighted by Gasteiger charge is -2.17. The molecular weight excluding hydrogens is 431 g/mol. The Morgan fingerprint density at radius 1 is 1.17 bits per heavy atom. The van der Waals surface area contributed by atoms with Crippen molar-refractivity contribution in [1.29, 1.82) is 0 Å². The van der Waals surface area contributed by atoms with Crippen LogP contribution in [0.1, 0.15) is 15.9 Å². The average molecular weight is 445 g/mol. The van der Waals surface area contributed by atoms with Gasteiger partial charge in [0.1, 0.15) is 6.04 Å². The Morgan fingerprint density at radius 2 is 1.88 bits per heavy atom. The Hall–Kier alpha value is -2.03. The van der Waals surface area contributed by atoms with Crippen molar-refractivity contribution < 1.29 is 23.1 Å². The number of methoxy groups -OCH3 is 1.